The Morgan fingerprint density at radius 1 is 1.58 bits per heavy atom. The van der Waals surface area contributed by atoms with Gasteiger partial charge in [0.2, 0.25) is 11.9 Å². The molecule has 3 N–H and O–H groups in total. The van der Waals surface area contributed by atoms with E-state index >= 15 is 0 Å². The molecule has 3 rings (SSSR count). The minimum Gasteiger partial charge on any atom is -0.369 e. The summed E-state index contributed by atoms with van der Waals surface area (Å²) in [5, 5.41) is 2.87. The molecule has 19 heavy (non-hydrogen) atoms. The van der Waals surface area contributed by atoms with E-state index in [4.69, 9.17) is 17.3 Å². The topological polar surface area (TPSA) is 72.9 Å². The third-order valence-electron chi connectivity index (χ3n) is 3.31. The van der Waals surface area contributed by atoms with Crippen molar-refractivity contribution in [2.75, 3.05) is 5.73 Å². The predicted octanol–water partition coefficient (Wildman–Crippen LogP) is 1.69. The molecule has 1 unspecified atom stereocenters. The van der Waals surface area contributed by atoms with Crippen LogP contribution in [0.3, 0.4) is 0 Å². The number of nitrogen functional groups attached to an aromatic ring is 1. The highest BCUT2D eigenvalue weighted by molar-refractivity contribution is 6.31. The molecule has 0 radical (unpaired) electrons. The van der Waals surface area contributed by atoms with Gasteiger partial charge < -0.3 is 15.6 Å². The molecule has 1 aliphatic heterocycles. The number of benzene rings is 1. The summed E-state index contributed by atoms with van der Waals surface area (Å²) >= 11 is 5.72. The lowest BCUT2D eigenvalue weighted by atomic mass is 10.2. The van der Waals surface area contributed by atoms with Crippen molar-refractivity contribution in [3.63, 3.8) is 0 Å². The number of fused-ring (bicyclic) bond motifs is 1. The lowest BCUT2D eigenvalue weighted by Crippen LogP contribution is -2.29. The highest BCUT2D eigenvalue weighted by atomic mass is 35.5. The SMILES string of the molecule is Nc1nc2cc(Cl)c(F)cc2n1CC1CCC(=O)N1. The zero-order valence-electron chi connectivity index (χ0n) is 9.99. The second kappa shape index (κ2) is 4.38. The first-order chi connectivity index (χ1) is 9.04. The molecule has 2 aromatic rings. The summed E-state index contributed by atoms with van der Waals surface area (Å²) in [6.07, 6.45) is 1.26. The van der Waals surface area contributed by atoms with Crippen LogP contribution in [-0.2, 0) is 11.3 Å². The Morgan fingerprint density at radius 3 is 3.05 bits per heavy atom. The van der Waals surface area contributed by atoms with Crippen molar-refractivity contribution in [3.05, 3.63) is 23.0 Å². The first kappa shape index (κ1) is 12.2. The lowest BCUT2D eigenvalue weighted by molar-refractivity contribution is -0.119. The average Bonchev–Trinajstić information content (AvgIpc) is 2.87. The molecule has 1 aromatic carbocycles. The van der Waals surface area contributed by atoms with E-state index in [0.29, 0.717) is 24.0 Å². The maximum Gasteiger partial charge on any atom is 0.220 e. The number of carbonyl (C=O) groups is 1. The smallest absolute Gasteiger partial charge is 0.220 e. The van der Waals surface area contributed by atoms with E-state index < -0.39 is 5.82 Å². The number of carbonyl (C=O) groups excluding carboxylic acids is 1. The normalized spacial score (nSPS) is 19.1. The van der Waals surface area contributed by atoms with E-state index in [9.17, 15) is 9.18 Å². The summed E-state index contributed by atoms with van der Waals surface area (Å²) < 4.78 is 15.2. The maximum absolute atomic E-state index is 13.5. The van der Waals surface area contributed by atoms with Gasteiger partial charge in [-0.1, -0.05) is 11.6 Å². The number of hydrogen-bond donors (Lipinski definition) is 2. The molecule has 0 spiro atoms. The third kappa shape index (κ3) is 2.12. The van der Waals surface area contributed by atoms with Gasteiger partial charge in [0, 0.05) is 25.1 Å². The molecule has 100 valence electrons. The van der Waals surface area contributed by atoms with Gasteiger partial charge >= 0.3 is 0 Å². The van der Waals surface area contributed by atoms with Crippen molar-refractivity contribution < 1.29 is 9.18 Å². The van der Waals surface area contributed by atoms with Crippen LogP contribution < -0.4 is 11.1 Å². The number of aromatic nitrogens is 2. The number of hydrogen-bond acceptors (Lipinski definition) is 3. The Morgan fingerprint density at radius 2 is 2.37 bits per heavy atom. The van der Waals surface area contributed by atoms with Crippen LogP contribution in [0.2, 0.25) is 5.02 Å². The number of anilines is 1. The number of amides is 1. The molecular weight excluding hydrogens is 271 g/mol. The van der Waals surface area contributed by atoms with Gasteiger partial charge in [-0.15, -0.1) is 0 Å². The molecule has 0 aliphatic carbocycles. The van der Waals surface area contributed by atoms with Crippen molar-refractivity contribution in [3.8, 4) is 0 Å². The van der Waals surface area contributed by atoms with E-state index in [1.807, 2.05) is 0 Å². The van der Waals surface area contributed by atoms with Crippen molar-refractivity contribution in [1.82, 2.24) is 14.9 Å². The second-order valence-corrected chi connectivity index (χ2v) is 5.05. The number of imidazole rings is 1. The molecule has 1 aliphatic rings. The fraction of sp³-hybridized carbons (Fsp3) is 0.333. The summed E-state index contributed by atoms with van der Waals surface area (Å²) in [5.74, 6) is -0.189. The van der Waals surface area contributed by atoms with Gasteiger partial charge in [-0.3, -0.25) is 4.79 Å². The van der Waals surface area contributed by atoms with Gasteiger partial charge in [0.05, 0.1) is 16.1 Å². The lowest BCUT2D eigenvalue weighted by Gasteiger charge is -2.12. The molecule has 2 heterocycles. The predicted molar refractivity (Wildman–Crippen MR) is 70.3 cm³/mol. The number of nitrogens with two attached hydrogens (primary N) is 1. The molecule has 0 saturated carbocycles. The fourth-order valence-corrected chi connectivity index (χ4v) is 2.52. The zero-order valence-corrected chi connectivity index (χ0v) is 10.7. The number of nitrogens with one attached hydrogen (secondary N) is 1. The van der Waals surface area contributed by atoms with E-state index in [1.54, 1.807) is 4.57 Å². The van der Waals surface area contributed by atoms with Gasteiger partial charge in [-0.2, -0.15) is 0 Å². The Balaban J connectivity index is 2.00. The van der Waals surface area contributed by atoms with Crippen LogP contribution in [0.5, 0.6) is 0 Å². The Labute approximate surface area is 113 Å². The van der Waals surface area contributed by atoms with Crippen LogP contribution in [0, 0.1) is 5.82 Å². The van der Waals surface area contributed by atoms with E-state index in [1.165, 1.54) is 12.1 Å². The van der Waals surface area contributed by atoms with E-state index in [0.717, 1.165) is 6.42 Å². The summed E-state index contributed by atoms with van der Waals surface area (Å²) in [4.78, 5) is 15.3. The molecule has 1 atom stereocenters. The molecule has 0 bridgehead atoms. The van der Waals surface area contributed by atoms with Gasteiger partial charge in [0.15, 0.2) is 0 Å². The van der Waals surface area contributed by atoms with Crippen molar-refractivity contribution >= 4 is 34.5 Å². The van der Waals surface area contributed by atoms with Crippen LogP contribution in [0.4, 0.5) is 10.3 Å². The van der Waals surface area contributed by atoms with Crippen LogP contribution in [0.15, 0.2) is 12.1 Å². The second-order valence-electron chi connectivity index (χ2n) is 4.64. The Hall–Kier alpha value is -1.82. The van der Waals surface area contributed by atoms with Gasteiger partial charge in [0.1, 0.15) is 5.82 Å². The monoisotopic (exact) mass is 282 g/mol. The van der Waals surface area contributed by atoms with Gasteiger partial charge in [-0.25, -0.2) is 9.37 Å². The van der Waals surface area contributed by atoms with Gasteiger partial charge in [-0.05, 0) is 12.5 Å². The van der Waals surface area contributed by atoms with E-state index in [-0.39, 0.29) is 22.9 Å². The van der Waals surface area contributed by atoms with Gasteiger partial charge in [0.25, 0.3) is 0 Å². The van der Waals surface area contributed by atoms with Crippen molar-refractivity contribution in [1.29, 1.82) is 0 Å². The largest absolute Gasteiger partial charge is 0.369 e. The van der Waals surface area contributed by atoms with Crippen LogP contribution >= 0.6 is 11.6 Å². The summed E-state index contributed by atoms with van der Waals surface area (Å²) in [6, 6.07) is 2.77. The van der Waals surface area contributed by atoms with Crippen LogP contribution in [0.25, 0.3) is 11.0 Å². The third-order valence-corrected chi connectivity index (χ3v) is 3.60. The summed E-state index contributed by atoms with van der Waals surface area (Å²) in [5.41, 5.74) is 6.97. The van der Waals surface area contributed by atoms with Crippen molar-refractivity contribution in [2.45, 2.75) is 25.4 Å². The number of halogens is 2. The van der Waals surface area contributed by atoms with Crippen molar-refractivity contribution in [2.24, 2.45) is 0 Å². The fourth-order valence-electron chi connectivity index (χ4n) is 2.37. The first-order valence-corrected chi connectivity index (χ1v) is 6.32. The average molecular weight is 283 g/mol. The van der Waals surface area contributed by atoms with Crippen LogP contribution in [-0.4, -0.2) is 21.5 Å². The highest BCUT2D eigenvalue weighted by Crippen LogP contribution is 2.25. The minimum atomic E-state index is -0.509. The summed E-state index contributed by atoms with van der Waals surface area (Å²) in [6.45, 7) is 0.481. The molecular formula is C12H12ClFN4O. The summed E-state index contributed by atoms with van der Waals surface area (Å²) in [7, 11) is 0. The highest BCUT2D eigenvalue weighted by Gasteiger charge is 2.23. The standard InChI is InChI=1S/C12H12ClFN4O/c13-7-3-9-10(4-8(7)14)18(12(15)17-9)5-6-1-2-11(19)16-6/h3-4,6H,1-2,5H2,(H2,15,17)(H,16,19). The molecule has 7 heteroatoms. The molecule has 1 saturated heterocycles. The quantitative estimate of drug-likeness (QED) is 0.880. The minimum absolute atomic E-state index is 0.00550. The molecule has 1 fully saturated rings. The maximum atomic E-state index is 13.5. The van der Waals surface area contributed by atoms with E-state index in [2.05, 4.69) is 10.3 Å². The Kier molecular flexibility index (Phi) is 2.82. The molecule has 1 amide bonds. The molecule has 5 nitrogen and oxygen atoms in total. The van der Waals surface area contributed by atoms with Crippen LogP contribution in [0.1, 0.15) is 12.8 Å². The number of nitrogens with zero attached hydrogens (tertiary/aromatic N) is 2. The zero-order chi connectivity index (χ0) is 13.6. The number of rotatable bonds is 2. The first-order valence-electron chi connectivity index (χ1n) is 5.94. The Bertz CT molecular complexity index is 669. The molecule has 1 aromatic heterocycles.